The van der Waals surface area contributed by atoms with Gasteiger partial charge in [0, 0.05) is 7.11 Å². The predicted octanol–water partition coefficient (Wildman–Crippen LogP) is 3.95. The van der Waals surface area contributed by atoms with E-state index in [0.717, 1.165) is 36.1 Å². The molecule has 3 atom stereocenters. The van der Waals surface area contributed by atoms with Gasteiger partial charge in [0.2, 0.25) is 0 Å². The second kappa shape index (κ2) is 5.67. The van der Waals surface area contributed by atoms with Crippen LogP contribution in [0.4, 0.5) is 0 Å². The summed E-state index contributed by atoms with van der Waals surface area (Å²) in [6.07, 6.45) is 3.42. The quantitative estimate of drug-likeness (QED) is 0.807. The number of nitriles is 1. The van der Waals surface area contributed by atoms with Crippen LogP contribution >= 0.6 is 11.6 Å². The number of benzene rings is 1. The second-order valence-electron chi connectivity index (χ2n) is 5.51. The zero-order valence-electron chi connectivity index (χ0n) is 12.2. The zero-order valence-corrected chi connectivity index (χ0v) is 13.0. The molecular formula is C16H18ClN3O. The normalized spacial score (nSPS) is 23.3. The van der Waals surface area contributed by atoms with E-state index in [1.807, 2.05) is 19.1 Å². The highest BCUT2D eigenvalue weighted by atomic mass is 35.5. The minimum absolute atomic E-state index is 0.183. The lowest BCUT2D eigenvalue weighted by molar-refractivity contribution is 0.0753. The monoisotopic (exact) mass is 303 g/mol. The van der Waals surface area contributed by atoms with Crippen LogP contribution in [0.2, 0.25) is 0 Å². The molecule has 21 heavy (non-hydrogen) atoms. The van der Waals surface area contributed by atoms with Crippen LogP contribution in [0.1, 0.15) is 49.0 Å². The van der Waals surface area contributed by atoms with Crippen LogP contribution in [0.25, 0.3) is 11.0 Å². The van der Waals surface area contributed by atoms with Crippen molar-refractivity contribution in [3.8, 4) is 6.07 Å². The number of methoxy groups -OCH3 is 1. The number of halogens is 1. The van der Waals surface area contributed by atoms with Gasteiger partial charge in [0.25, 0.3) is 0 Å². The number of aromatic nitrogens is 2. The average molecular weight is 304 g/mol. The van der Waals surface area contributed by atoms with Crippen LogP contribution in [-0.2, 0) is 4.74 Å². The van der Waals surface area contributed by atoms with Crippen molar-refractivity contribution >= 4 is 22.6 Å². The Morgan fingerprint density at radius 2 is 2.29 bits per heavy atom. The Kier molecular flexibility index (Phi) is 3.88. The Morgan fingerprint density at radius 1 is 1.48 bits per heavy atom. The first-order chi connectivity index (χ1) is 10.2. The van der Waals surface area contributed by atoms with Crippen molar-refractivity contribution < 1.29 is 4.74 Å². The summed E-state index contributed by atoms with van der Waals surface area (Å²) < 4.78 is 7.82. The largest absolute Gasteiger partial charge is 0.379 e. The van der Waals surface area contributed by atoms with Crippen molar-refractivity contribution in [1.82, 2.24) is 9.55 Å². The molecule has 0 spiro atoms. The summed E-state index contributed by atoms with van der Waals surface area (Å²) >= 11 is 6.34. The molecular weight excluding hydrogens is 286 g/mol. The highest BCUT2D eigenvalue weighted by Crippen LogP contribution is 2.38. The standard InChI is InChI=1S/C16H18ClN3O/c1-10(17)16-19-15-11(9-18)5-3-7-13(15)20(16)12-6-4-8-14(12)21-2/h3,5,7,10,12,14H,4,6,8H2,1-2H3. The van der Waals surface area contributed by atoms with Crippen LogP contribution in [0, 0.1) is 11.3 Å². The Bertz CT molecular complexity index is 701. The first-order valence-corrected chi connectivity index (χ1v) is 7.68. The predicted molar refractivity (Wildman–Crippen MR) is 82.4 cm³/mol. The van der Waals surface area contributed by atoms with E-state index in [4.69, 9.17) is 16.3 Å². The molecule has 4 nitrogen and oxygen atoms in total. The van der Waals surface area contributed by atoms with Gasteiger partial charge in [-0.05, 0) is 38.3 Å². The fourth-order valence-electron chi connectivity index (χ4n) is 3.33. The molecule has 0 N–H and O–H groups in total. The summed E-state index contributed by atoms with van der Waals surface area (Å²) in [5.74, 6) is 0.823. The average Bonchev–Trinajstić information content (AvgIpc) is 3.09. The topological polar surface area (TPSA) is 50.8 Å². The third-order valence-corrected chi connectivity index (χ3v) is 4.47. The summed E-state index contributed by atoms with van der Waals surface area (Å²) in [4.78, 5) is 4.65. The smallest absolute Gasteiger partial charge is 0.128 e. The molecule has 0 saturated heterocycles. The van der Waals surface area contributed by atoms with E-state index in [-0.39, 0.29) is 17.5 Å². The summed E-state index contributed by atoms with van der Waals surface area (Å²) in [5.41, 5.74) is 2.31. The molecule has 110 valence electrons. The highest BCUT2D eigenvalue weighted by molar-refractivity contribution is 6.20. The van der Waals surface area contributed by atoms with E-state index < -0.39 is 0 Å². The maximum atomic E-state index is 9.28. The Morgan fingerprint density at radius 3 is 2.95 bits per heavy atom. The molecule has 1 aromatic carbocycles. The molecule has 0 amide bonds. The number of fused-ring (bicyclic) bond motifs is 1. The molecule has 1 aliphatic carbocycles. The number of alkyl halides is 1. The van der Waals surface area contributed by atoms with Crippen molar-refractivity contribution in [3.63, 3.8) is 0 Å². The van der Waals surface area contributed by atoms with Gasteiger partial charge in [0.15, 0.2) is 0 Å². The van der Waals surface area contributed by atoms with Crippen LogP contribution in [-0.4, -0.2) is 22.8 Å². The third kappa shape index (κ3) is 2.31. The Labute approximate surface area is 129 Å². The van der Waals surface area contributed by atoms with Crippen molar-refractivity contribution in [1.29, 1.82) is 5.26 Å². The molecule has 1 fully saturated rings. The van der Waals surface area contributed by atoms with Gasteiger partial charge in [-0.3, -0.25) is 0 Å². The third-order valence-electron chi connectivity index (χ3n) is 4.28. The van der Waals surface area contributed by atoms with Gasteiger partial charge < -0.3 is 9.30 Å². The van der Waals surface area contributed by atoms with Crippen molar-refractivity contribution in [2.24, 2.45) is 0 Å². The van der Waals surface area contributed by atoms with Crippen LogP contribution in [0.15, 0.2) is 18.2 Å². The summed E-state index contributed by atoms with van der Waals surface area (Å²) in [7, 11) is 1.76. The van der Waals surface area contributed by atoms with Crippen molar-refractivity contribution in [3.05, 3.63) is 29.6 Å². The molecule has 0 bridgehead atoms. The molecule has 1 heterocycles. The van der Waals surface area contributed by atoms with Crippen LogP contribution < -0.4 is 0 Å². The lowest BCUT2D eigenvalue weighted by Gasteiger charge is -2.23. The molecule has 2 aromatic rings. The lowest BCUT2D eigenvalue weighted by Crippen LogP contribution is -2.22. The number of hydrogen-bond acceptors (Lipinski definition) is 3. The van der Waals surface area contributed by atoms with Gasteiger partial charge in [0.05, 0.1) is 28.6 Å². The molecule has 3 unspecified atom stereocenters. The first kappa shape index (κ1) is 14.4. The molecule has 0 radical (unpaired) electrons. The number of para-hydroxylation sites is 1. The number of ether oxygens (including phenoxy) is 1. The molecule has 0 aliphatic heterocycles. The maximum absolute atomic E-state index is 9.28. The fourth-order valence-corrected chi connectivity index (χ4v) is 3.49. The van der Waals surface area contributed by atoms with E-state index in [1.165, 1.54) is 0 Å². The minimum atomic E-state index is -0.206. The van der Waals surface area contributed by atoms with Gasteiger partial charge in [-0.2, -0.15) is 5.26 Å². The van der Waals surface area contributed by atoms with Crippen LogP contribution in [0.5, 0.6) is 0 Å². The van der Waals surface area contributed by atoms with E-state index in [0.29, 0.717) is 5.56 Å². The van der Waals surface area contributed by atoms with E-state index in [2.05, 4.69) is 15.6 Å². The summed E-state index contributed by atoms with van der Waals surface area (Å²) in [6.45, 7) is 1.92. The maximum Gasteiger partial charge on any atom is 0.128 e. The zero-order chi connectivity index (χ0) is 15.0. The van der Waals surface area contributed by atoms with Gasteiger partial charge in [-0.15, -0.1) is 11.6 Å². The SMILES string of the molecule is COC1CCCC1n1c(C(C)Cl)nc2c(C#N)cccc21. The molecule has 3 rings (SSSR count). The lowest BCUT2D eigenvalue weighted by atomic mass is 10.1. The number of nitrogens with zero attached hydrogens (tertiary/aromatic N) is 3. The van der Waals surface area contributed by atoms with Crippen molar-refractivity contribution in [2.75, 3.05) is 7.11 Å². The minimum Gasteiger partial charge on any atom is -0.379 e. The van der Waals surface area contributed by atoms with Gasteiger partial charge in [-0.1, -0.05) is 6.07 Å². The number of rotatable bonds is 3. The Hall–Kier alpha value is -1.57. The van der Waals surface area contributed by atoms with Gasteiger partial charge in [-0.25, -0.2) is 4.98 Å². The number of imidazole rings is 1. The van der Waals surface area contributed by atoms with Gasteiger partial charge in [0.1, 0.15) is 17.4 Å². The summed E-state index contributed by atoms with van der Waals surface area (Å²) in [6, 6.07) is 8.16. The van der Waals surface area contributed by atoms with Crippen molar-refractivity contribution in [2.45, 2.75) is 43.7 Å². The van der Waals surface area contributed by atoms with E-state index >= 15 is 0 Å². The first-order valence-electron chi connectivity index (χ1n) is 7.25. The van der Waals surface area contributed by atoms with E-state index in [9.17, 15) is 5.26 Å². The molecule has 1 aromatic heterocycles. The van der Waals surface area contributed by atoms with Gasteiger partial charge >= 0.3 is 0 Å². The van der Waals surface area contributed by atoms with Crippen LogP contribution in [0.3, 0.4) is 0 Å². The Balaban J connectivity index is 2.24. The fraction of sp³-hybridized carbons (Fsp3) is 0.500. The second-order valence-corrected chi connectivity index (χ2v) is 6.17. The molecule has 1 saturated carbocycles. The molecule has 5 heteroatoms. The molecule has 1 aliphatic rings. The highest BCUT2D eigenvalue weighted by Gasteiger charge is 2.32. The van der Waals surface area contributed by atoms with E-state index in [1.54, 1.807) is 13.2 Å². The number of hydrogen-bond donors (Lipinski definition) is 0. The summed E-state index contributed by atoms with van der Waals surface area (Å²) in [5, 5.41) is 9.07.